The fourth-order valence-corrected chi connectivity index (χ4v) is 8.55. The van der Waals surface area contributed by atoms with Gasteiger partial charge in [0.25, 0.3) is 0 Å². The Bertz CT molecular complexity index is 1050. The molecule has 0 rings (SSSR count). The summed E-state index contributed by atoms with van der Waals surface area (Å²) in [6, 6.07) is 0. The first-order chi connectivity index (χ1) is 32.0. The van der Waals surface area contributed by atoms with E-state index in [1.807, 2.05) is 0 Å². The molecule has 0 aliphatic rings. The third kappa shape index (κ3) is 52.7. The molecule has 0 spiro atoms. The molecule has 0 aromatic carbocycles. The smallest absolute Gasteiger partial charge is 0.306 e. The highest BCUT2D eigenvalue weighted by atomic mass is 16.6. The van der Waals surface area contributed by atoms with Crippen LogP contribution in [0.5, 0.6) is 0 Å². The van der Waals surface area contributed by atoms with Gasteiger partial charge in [-0.15, -0.1) is 0 Å². The fraction of sp³-hybridized carbons (Fsp3) is 0.881. The van der Waals surface area contributed by atoms with Crippen LogP contribution in [0.1, 0.15) is 316 Å². The van der Waals surface area contributed by atoms with Crippen LogP contribution in [0.25, 0.3) is 0 Å². The summed E-state index contributed by atoms with van der Waals surface area (Å²) >= 11 is 0. The Morgan fingerprint density at radius 3 is 0.785 bits per heavy atom. The van der Waals surface area contributed by atoms with Gasteiger partial charge in [-0.05, 0) is 70.6 Å². The number of carbonyl (C=O) groups is 3. The predicted octanol–water partition coefficient (Wildman–Crippen LogP) is 19.1. The molecular weight excluding hydrogens is 805 g/mol. The predicted molar refractivity (Wildman–Crippen MR) is 279 cm³/mol. The van der Waals surface area contributed by atoms with Gasteiger partial charge in [-0.25, -0.2) is 0 Å². The molecule has 0 aliphatic carbocycles. The van der Waals surface area contributed by atoms with Crippen molar-refractivity contribution in [3.05, 3.63) is 24.3 Å². The number of carbonyl (C=O) groups excluding carboxylic acids is 3. The SMILES string of the molecule is CCCCCC/C=C\CCCCCCCC(=O)OCC(COC(=O)CCCCCCCCC/C=C\CCCCCCCC)OC(=O)CCCCCCCCCCCCCCCCCCC. The fourth-order valence-electron chi connectivity index (χ4n) is 8.55. The molecule has 0 radical (unpaired) electrons. The van der Waals surface area contributed by atoms with Gasteiger partial charge in [-0.1, -0.05) is 251 Å². The van der Waals surface area contributed by atoms with Crippen LogP contribution in [0, 0.1) is 0 Å². The molecular formula is C59H110O6. The summed E-state index contributed by atoms with van der Waals surface area (Å²) in [5.41, 5.74) is 0. The van der Waals surface area contributed by atoms with Gasteiger partial charge in [0.2, 0.25) is 0 Å². The van der Waals surface area contributed by atoms with Gasteiger partial charge in [0, 0.05) is 19.3 Å². The zero-order chi connectivity index (χ0) is 47.2. The van der Waals surface area contributed by atoms with Crippen molar-refractivity contribution in [3.63, 3.8) is 0 Å². The van der Waals surface area contributed by atoms with Gasteiger partial charge in [0.1, 0.15) is 13.2 Å². The molecule has 0 bridgehead atoms. The van der Waals surface area contributed by atoms with E-state index >= 15 is 0 Å². The maximum absolute atomic E-state index is 12.8. The molecule has 0 saturated heterocycles. The summed E-state index contributed by atoms with van der Waals surface area (Å²) in [7, 11) is 0. The lowest BCUT2D eigenvalue weighted by Gasteiger charge is -2.18. The molecule has 0 aliphatic heterocycles. The molecule has 0 aromatic heterocycles. The number of rotatable bonds is 53. The highest BCUT2D eigenvalue weighted by Gasteiger charge is 2.19. The second-order valence-corrected chi connectivity index (χ2v) is 19.6. The average Bonchev–Trinajstić information content (AvgIpc) is 3.30. The van der Waals surface area contributed by atoms with E-state index in [2.05, 4.69) is 45.1 Å². The average molecular weight is 916 g/mol. The largest absolute Gasteiger partial charge is 0.462 e. The highest BCUT2D eigenvalue weighted by molar-refractivity contribution is 5.71. The molecule has 0 aromatic rings. The maximum Gasteiger partial charge on any atom is 0.306 e. The van der Waals surface area contributed by atoms with Gasteiger partial charge in [-0.2, -0.15) is 0 Å². The molecule has 1 atom stereocenters. The molecule has 382 valence electrons. The minimum atomic E-state index is -0.772. The van der Waals surface area contributed by atoms with Crippen LogP contribution in [-0.2, 0) is 28.6 Å². The second-order valence-electron chi connectivity index (χ2n) is 19.6. The van der Waals surface area contributed by atoms with Crippen molar-refractivity contribution in [2.24, 2.45) is 0 Å². The van der Waals surface area contributed by atoms with Gasteiger partial charge in [0.05, 0.1) is 0 Å². The van der Waals surface area contributed by atoms with Crippen LogP contribution < -0.4 is 0 Å². The number of hydrogen-bond donors (Lipinski definition) is 0. The van der Waals surface area contributed by atoms with Crippen molar-refractivity contribution in [3.8, 4) is 0 Å². The molecule has 0 amide bonds. The summed E-state index contributed by atoms with van der Waals surface area (Å²) in [6.07, 6.45) is 63.1. The quantitative estimate of drug-likeness (QED) is 0.0262. The lowest BCUT2D eigenvalue weighted by molar-refractivity contribution is -0.167. The number of hydrogen-bond acceptors (Lipinski definition) is 6. The first kappa shape index (κ1) is 62.9. The summed E-state index contributed by atoms with van der Waals surface area (Å²) in [6.45, 7) is 6.66. The van der Waals surface area contributed by atoms with Gasteiger partial charge in [-0.3, -0.25) is 14.4 Å². The molecule has 0 fully saturated rings. The minimum absolute atomic E-state index is 0.0719. The number of unbranched alkanes of at least 4 members (excludes halogenated alkanes) is 38. The monoisotopic (exact) mass is 915 g/mol. The third-order valence-corrected chi connectivity index (χ3v) is 12.9. The molecule has 0 saturated carbocycles. The lowest BCUT2D eigenvalue weighted by atomic mass is 10.0. The Kier molecular flexibility index (Phi) is 52.7. The van der Waals surface area contributed by atoms with Crippen molar-refractivity contribution in [1.82, 2.24) is 0 Å². The van der Waals surface area contributed by atoms with Crippen LogP contribution in [0.4, 0.5) is 0 Å². The Morgan fingerprint density at radius 2 is 0.508 bits per heavy atom. The van der Waals surface area contributed by atoms with E-state index in [1.165, 1.54) is 212 Å². The van der Waals surface area contributed by atoms with E-state index < -0.39 is 6.10 Å². The van der Waals surface area contributed by atoms with E-state index in [0.717, 1.165) is 64.2 Å². The zero-order valence-corrected chi connectivity index (χ0v) is 43.8. The summed E-state index contributed by atoms with van der Waals surface area (Å²) < 4.78 is 16.9. The van der Waals surface area contributed by atoms with E-state index in [9.17, 15) is 14.4 Å². The van der Waals surface area contributed by atoms with Crippen LogP contribution in [0.3, 0.4) is 0 Å². The van der Waals surface area contributed by atoms with Crippen molar-refractivity contribution in [2.45, 2.75) is 322 Å². The van der Waals surface area contributed by atoms with Crippen molar-refractivity contribution < 1.29 is 28.6 Å². The molecule has 6 heteroatoms. The van der Waals surface area contributed by atoms with Crippen LogP contribution >= 0.6 is 0 Å². The summed E-state index contributed by atoms with van der Waals surface area (Å²) in [4.78, 5) is 38.1. The van der Waals surface area contributed by atoms with Gasteiger partial charge >= 0.3 is 17.9 Å². The van der Waals surface area contributed by atoms with E-state index in [0.29, 0.717) is 19.3 Å². The van der Waals surface area contributed by atoms with E-state index in [4.69, 9.17) is 14.2 Å². The molecule has 6 nitrogen and oxygen atoms in total. The lowest BCUT2D eigenvalue weighted by Crippen LogP contribution is -2.30. The normalized spacial score (nSPS) is 12.1. The molecule has 65 heavy (non-hydrogen) atoms. The Labute approximate surface area is 404 Å². The summed E-state index contributed by atoms with van der Waals surface area (Å²) in [5, 5.41) is 0. The van der Waals surface area contributed by atoms with Crippen molar-refractivity contribution in [1.29, 1.82) is 0 Å². The molecule has 0 heterocycles. The Morgan fingerprint density at radius 1 is 0.292 bits per heavy atom. The summed E-state index contributed by atoms with van der Waals surface area (Å²) in [5.74, 6) is -0.865. The molecule has 1 unspecified atom stereocenters. The van der Waals surface area contributed by atoms with Crippen molar-refractivity contribution >= 4 is 17.9 Å². The van der Waals surface area contributed by atoms with Gasteiger partial charge in [0.15, 0.2) is 6.10 Å². The Hall–Kier alpha value is -2.11. The van der Waals surface area contributed by atoms with Crippen LogP contribution in [-0.4, -0.2) is 37.2 Å². The highest BCUT2D eigenvalue weighted by Crippen LogP contribution is 2.17. The second kappa shape index (κ2) is 54.5. The van der Waals surface area contributed by atoms with Gasteiger partial charge < -0.3 is 14.2 Å². The first-order valence-corrected chi connectivity index (χ1v) is 28.8. The Balaban J connectivity index is 4.33. The molecule has 0 N–H and O–H groups in total. The zero-order valence-electron chi connectivity index (χ0n) is 43.8. The topological polar surface area (TPSA) is 78.9 Å². The van der Waals surface area contributed by atoms with Crippen LogP contribution in [0.15, 0.2) is 24.3 Å². The minimum Gasteiger partial charge on any atom is -0.462 e. The number of allylic oxidation sites excluding steroid dienone is 4. The van der Waals surface area contributed by atoms with E-state index in [1.54, 1.807) is 0 Å². The number of esters is 3. The van der Waals surface area contributed by atoms with Crippen LogP contribution in [0.2, 0.25) is 0 Å². The van der Waals surface area contributed by atoms with E-state index in [-0.39, 0.29) is 31.1 Å². The third-order valence-electron chi connectivity index (χ3n) is 12.9. The van der Waals surface area contributed by atoms with Crippen molar-refractivity contribution in [2.75, 3.05) is 13.2 Å². The standard InChI is InChI=1S/C59H110O6/c1-4-7-10-13-16-19-22-25-27-29-31-34-37-40-43-46-49-52-58(61)64-55-56(54-63-57(60)51-48-45-42-39-36-33-24-21-18-15-12-9-6-3)65-59(62)53-50-47-44-41-38-35-32-30-28-26-23-20-17-14-11-8-5-2/h21,24-25,27,56H,4-20,22-23,26,28-55H2,1-3H3/b24-21-,27-25-. The maximum atomic E-state index is 12.8. The number of ether oxygens (including phenoxy) is 3. The first-order valence-electron chi connectivity index (χ1n) is 28.8.